The van der Waals surface area contributed by atoms with Crippen LogP contribution in [0.5, 0.6) is 0 Å². The Labute approximate surface area is 191 Å². The van der Waals surface area contributed by atoms with Crippen LogP contribution in [0.25, 0.3) is 22.6 Å². The molecule has 0 saturated carbocycles. The summed E-state index contributed by atoms with van der Waals surface area (Å²) >= 11 is 0. The number of hydrogen-bond donors (Lipinski definition) is 4. The molecule has 12 nitrogen and oxygen atoms in total. The monoisotopic (exact) mass is 501 g/mol. The normalized spacial score (nSPS) is 18.0. The van der Waals surface area contributed by atoms with E-state index < -0.39 is 42.5 Å². The van der Waals surface area contributed by atoms with E-state index in [-0.39, 0.29) is 45.6 Å². The molecule has 5 N–H and O–H groups in total. The smallest absolute Gasteiger partial charge is 0.453 e. The Kier molecular flexibility index (Phi) is 5.25. The maximum absolute atomic E-state index is 13.4. The van der Waals surface area contributed by atoms with Crippen molar-refractivity contribution < 1.29 is 36.6 Å². The van der Waals surface area contributed by atoms with Gasteiger partial charge in [0.05, 0.1) is 17.1 Å². The number of aryl methyl sites for hydroxylation is 2. The van der Waals surface area contributed by atoms with E-state index in [9.17, 15) is 31.5 Å². The second kappa shape index (κ2) is 7.67. The van der Waals surface area contributed by atoms with Crippen molar-refractivity contribution in [2.45, 2.75) is 37.4 Å². The molecule has 186 valence electrons. The second-order valence-corrected chi connectivity index (χ2v) is 7.86. The summed E-state index contributed by atoms with van der Waals surface area (Å²) in [6, 6.07) is 0. The van der Waals surface area contributed by atoms with Crippen LogP contribution in [0.1, 0.15) is 24.7 Å². The number of carbonyl (C=O) groups is 2. The van der Waals surface area contributed by atoms with E-state index in [0.29, 0.717) is 0 Å². The van der Waals surface area contributed by atoms with Crippen molar-refractivity contribution in [3.8, 4) is 11.5 Å². The van der Waals surface area contributed by atoms with Crippen LogP contribution in [0.2, 0.25) is 0 Å². The molecule has 1 unspecified atom stereocenters. The zero-order chi connectivity index (χ0) is 25.9. The molecule has 4 rings (SSSR count). The van der Waals surface area contributed by atoms with E-state index in [1.54, 1.807) is 0 Å². The number of nitrogens with two attached hydrogens (primary N) is 1. The topological polar surface area (TPSA) is 174 Å². The number of nitrogens with one attached hydrogen (secondary N) is 2. The van der Waals surface area contributed by atoms with E-state index in [4.69, 9.17) is 10.8 Å². The molecule has 17 heteroatoms. The molecule has 3 aromatic rings. The quantitative estimate of drug-likeness (QED) is 0.381. The van der Waals surface area contributed by atoms with Crippen LogP contribution >= 0.6 is 0 Å². The van der Waals surface area contributed by atoms with E-state index in [2.05, 4.69) is 35.7 Å². The fourth-order valence-electron chi connectivity index (χ4n) is 3.61. The highest BCUT2D eigenvalue weighted by Crippen LogP contribution is 2.40. The number of nitrogens with zero attached hydrogens (tertiary/aromatic N) is 6. The minimum atomic E-state index is -5.74. The number of alkyl halides is 5. The van der Waals surface area contributed by atoms with E-state index in [0.717, 1.165) is 0 Å². The molecule has 0 fully saturated rings. The van der Waals surface area contributed by atoms with Gasteiger partial charge in [-0.05, 0) is 6.92 Å². The molecular formula is C18H16F5N9O3. The van der Waals surface area contributed by atoms with Crippen molar-refractivity contribution in [2.75, 3.05) is 11.1 Å². The van der Waals surface area contributed by atoms with E-state index in [1.807, 2.05) is 0 Å². The van der Waals surface area contributed by atoms with Crippen LogP contribution in [0, 0.1) is 0 Å². The summed E-state index contributed by atoms with van der Waals surface area (Å²) in [5.41, 5.74) is 4.18. The summed E-state index contributed by atoms with van der Waals surface area (Å²) in [5.74, 6) is -6.74. The van der Waals surface area contributed by atoms with Gasteiger partial charge in [0, 0.05) is 19.9 Å². The number of hydrogen-bond acceptors (Lipinski definition) is 8. The molecule has 0 radical (unpaired) electrons. The highest BCUT2D eigenvalue weighted by Gasteiger charge is 2.56. The Hall–Kier alpha value is -4.18. The first-order valence-corrected chi connectivity index (χ1v) is 9.78. The van der Waals surface area contributed by atoms with Crippen LogP contribution in [-0.4, -0.2) is 58.9 Å². The number of carboxylic acid groups (broad SMARTS) is 1. The van der Waals surface area contributed by atoms with E-state index in [1.165, 1.54) is 24.9 Å². The molecule has 0 aromatic carbocycles. The molecule has 0 saturated heterocycles. The lowest BCUT2D eigenvalue weighted by atomic mass is 9.95. The third-order valence-electron chi connectivity index (χ3n) is 5.41. The summed E-state index contributed by atoms with van der Waals surface area (Å²) in [7, 11) is 1.47. The average molecular weight is 501 g/mol. The molecule has 0 spiro atoms. The molecule has 3 aromatic heterocycles. The van der Waals surface area contributed by atoms with Gasteiger partial charge in [-0.3, -0.25) is 9.48 Å². The number of anilines is 2. The summed E-state index contributed by atoms with van der Waals surface area (Å²) in [5, 5.41) is 17.8. The Morgan fingerprint density at radius 2 is 1.91 bits per heavy atom. The predicted molar refractivity (Wildman–Crippen MR) is 108 cm³/mol. The fraction of sp³-hybridized carbons (Fsp3) is 0.389. The lowest BCUT2D eigenvalue weighted by molar-refractivity contribution is -0.284. The van der Waals surface area contributed by atoms with Crippen molar-refractivity contribution >= 4 is 34.7 Å². The first kappa shape index (κ1) is 24.0. The van der Waals surface area contributed by atoms with Crippen LogP contribution in [-0.2, 0) is 23.8 Å². The molecule has 1 atom stereocenters. The number of amides is 2. The van der Waals surface area contributed by atoms with Gasteiger partial charge >= 0.3 is 18.2 Å². The third kappa shape index (κ3) is 3.91. The predicted octanol–water partition coefficient (Wildman–Crippen LogP) is 1.97. The number of carbonyl (C=O) groups excluding carboxylic acids is 1. The summed E-state index contributed by atoms with van der Waals surface area (Å²) in [6.07, 6.45) is -8.37. The number of nitrogen functional groups attached to an aromatic ring is 1. The van der Waals surface area contributed by atoms with Gasteiger partial charge in [0.25, 0.3) is 5.91 Å². The first-order chi connectivity index (χ1) is 16.1. The van der Waals surface area contributed by atoms with Crippen LogP contribution in [0.3, 0.4) is 0 Å². The highest BCUT2D eigenvalue weighted by atomic mass is 19.4. The van der Waals surface area contributed by atoms with Crippen molar-refractivity contribution in [3.05, 3.63) is 17.6 Å². The lowest BCUT2D eigenvalue weighted by Crippen LogP contribution is -2.48. The average Bonchev–Trinajstić information content (AvgIpc) is 3.21. The number of fused-ring (bicyclic) bond motifs is 2. The van der Waals surface area contributed by atoms with Crippen LogP contribution in [0.15, 0.2) is 6.20 Å². The van der Waals surface area contributed by atoms with Gasteiger partial charge in [0.2, 0.25) is 0 Å². The zero-order valence-electron chi connectivity index (χ0n) is 17.9. The van der Waals surface area contributed by atoms with Gasteiger partial charge in [0.15, 0.2) is 17.0 Å². The molecule has 2 amide bonds. The Balaban J connectivity index is 1.81. The van der Waals surface area contributed by atoms with Gasteiger partial charge in [-0.1, -0.05) is 0 Å². The fourth-order valence-corrected chi connectivity index (χ4v) is 3.61. The van der Waals surface area contributed by atoms with Crippen LogP contribution < -0.4 is 16.4 Å². The number of aromatic nitrogens is 6. The molecule has 0 aliphatic carbocycles. The highest BCUT2D eigenvalue weighted by molar-refractivity contribution is 6.07. The van der Waals surface area contributed by atoms with E-state index >= 15 is 0 Å². The van der Waals surface area contributed by atoms with Crippen molar-refractivity contribution in [2.24, 2.45) is 7.05 Å². The minimum Gasteiger partial charge on any atom is -0.465 e. The summed E-state index contributed by atoms with van der Waals surface area (Å²) in [4.78, 5) is 40.0. The summed E-state index contributed by atoms with van der Waals surface area (Å²) in [6.45, 7) is 1.25. The Bertz CT molecular complexity index is 1370. The second-order valence-electron chi connectivity index (χ2n) is 7.86. The van der Waals surface area contributed by atoms with Gasteiger partial charge in [0.1, 0.15) is 23.2 Å². The third-order valence-corrected chi connectivity index (χ3v) is 5.41. The number of rotatable bonds is 5. The largest absolute Gasteiger partial charge is 0.465 e. The standard InChI is InChI=1S/C18H16F5N9O3/c1-16(31-15(34)35)8-10(24)28-12(29-11(8)30-14(16)33)9-6-5-25-32(2)13(6)27-7(26-9)3-4-17(19,20)18(21,22)23/h5,31H,3-4H2,1-2H3,(H,34,35)(H3,24,28,29,30,33). The first-order valence-electron chi connectivity index (χ1n) is 9.78. The van der Waals surface area contributed by atoms with Crippen molar-refractivity contribution in [1.29, 1.82) is 0 Å². The molecule has 35 heavy (non-hydrogen) atoms. The maximum Gasteiger partial charge on any atom is 0.453 e. The molecule has 1 aliphatic rings. The van der Waals surface area contributed by atoms with Gasteiger partial charge in [-0.2, -0.15) is 27.1 Å². The van der Waals surface area contributed by atoms with Gasteiger partial charge in [-0.25, -0.2) is 24.7 Å². The van der Waals surface area contributed by atoms with Crippen LogP contribution in [0.4, 0.5) is 38.4 Å². The molecule has 0 bridgehead atoms. The summed E-state index contributed by atoms with van der Waals surface area (Å²) < 4.78 is 65.9. The molecule has 1 aliphatic heterocycles. The maximum atomic E-state index is 13.4. The van der Waals surface area contributed by atoms with Gasteiger partial charge < -0.3 is 21.5 Å². The molecular weight excluding hydrogens is 485 g/mol. The molecule has 4 heterocycles. The van der Waals surface area contributed by atoms with Crippen molar-refractivity contribution in [3.63, 3.8) is 0 Å². The van der Waals surface area contributed by atoms with Crippen molar-refractivity contribution in [1.82, 2.24) is 35.0 Å². The lowest BCUT2D eigenvalue weighted by Gasteiger charge is -2.22. The number of halogens is 5. The minimum absolute atomic E-state index is 0.0461. The SMILES string of the molecule is Cn1ncc2c(-c3nc(N)c4c(n3)NC(=O)C4(C)NC(=O)O)nc(CCC(F)(F)C(F)(F)F)nc21. The Morgan fingerprint density at radius 1 is 1.23 bits per heavy atom. The zero-order valence-corrected chi connectivity index (χ0v) is 17.9. The Morgan fingerprint density at radius 3 is 2.54 bits per heavy atom. The van der Waals surface area contributed by atoms with Gasteiger partial charge in [-0.15, -0.1) is 0 Å².